The van der Waals surface area contributed by atoms with Crippen LogP contribution < -0.4 is 16.8 Å². The molecule has 9 heteroatoms. The molecule has 37 heavy (non-hydrogen) atoms. The second-order valence-electron chi connectivity index (χ2n) is 7.99. The van der Waals surface area contributed by atoms with E-state index in [9.17, 15) is 14.4 Å². The molecule has 9 nitrogen and oxygen atoms in total. The Hall–Kier alpha value is -2.52. The Labute approximate surface area is 226 Å². The third-order valence-electron chi connectivity index (χ3n) is 3.78. The van der Waals surface area contributed by atoms with Crippen molar-refractivity contribution >= 4 is 17.8 Å². The number of rotatable bonds is 12. The number of amides is 2. The van der Waals surface area contributed by atoms with Crippen LogP contribution in [-0.4, -0.2) is 48.1 Å². The first-order valence-corrected chi connectivity index (χ1v) is 13.5. The second-order valence-corrected chi connectivity index (χ2v) is 7.99. The molecule has 1 heterocycles. The van der Waals surface area contributed by atoms with Gasteiger partial charge in [-0.1, -0.05) is 61.8 Å². The number of ether oxygens (including phenoxy) is 2. The quantitative estimate of drug-likeness (QED) is 0.262. The normalized spacial score (nSPS) is 10.1. The van der Waals surface area contributed by atoms with Crippen molar-refractivity contribution in [1.29, 1.82) is 0 Å². The van der Waals surface area contributed by atoms with Gasteiger partial charge in [0.2, 0.25) is 11.8 Å². The van der Waals surface area contributed by atoms with Crippen LogP contribution >= 0.6 is 0 Å². The molecule has 0 aliphatic heterocycles. The zero-order valence-corrected chi connectivity index (χ0v) is 25.1. The highest BCUT2D eigenvalue weighted by Crippen LogP contribution is 2.03. The zero-order valence-electron chi connectivity index (χ0n) is 25.1. The van der Waals surface area contributed by atoms with Crippen LogP contribution in [0.2, 0.25) is 0 Å². The third kappa shape index (κ3) is 31.5. The highest BCUT2D eigenvalue weighted by atomic mass is 16.5. The van der Waals surface area contributed by atoms with Crippen molar-refractivity contribution in [2.75, 3.05) is 13.2 Å². The molecule has 1 aromatic heterocycles. The van der Waals surface area contributed by atoms with Gasteiger partial charge in [-0.3, -0.25) is 19.4 Å². The van der Waals surface area contributed by atoms with E-state index in [1.807, 2.05) is 67.5 Å². The molecule has 1 rings (SSSR count). The average molecular weight is 529 g/mol. The molecule has 0 aromatic carbocycles. The van der Waals surface area contributed by atoms with Crippen LogP contribution in [0.25, 0.3) is 0 Å². The lowest BCUT2D eigenvalue weighted by atomic mass is 10.1. The van der Waals surface area contributed by atoms with Crippen LogP contribution in [0.15, 0.2) is 24.5 Å². The average Bonchev–Trinajstić information content (AvgIpc) is 2.89. The summed E-state index contributed by atoms with van der Waals surface area (Å²) in [5, 5.41) is 2.55. The maximum atomic E-state index is 11.4. The van der Waals surface area contributed by atoms with Crippen molar-refractivity contribution in [3.05, 3.63) is 30.1 Å². The van der Waals surface area contributed by atoms with E-state index in [0.29, 0.717) is 19.6 Å². The smallest absolute Gasteiger partial charge is 0.308 e. The van der Waals surface area contributed by atoms with Gasteiger partial charge in [-0.15, -0.1) is 0 Å². The Morgan fingerprint density at radius 3 is 1.89 bits per heavy atom. The first-order valence-electron chi connectivity index (χ1n) is 13.5. The topological polar surface area (TPSA) is 147 Å². The Morgan fingerprint density at radius 2 is 1.49 bits per heavy atom. The number of primary amides is 1. The molecule has 1 unspecified atom stereocenters. The number of pyridine rings is 1. The van der Waals surface area contributed by atoms with Crippen molar-refractivity contribution in [1.82, 2.24) is 10.3 Å². The Kier molecular flexibility index (Phi) is 35.4. The number of nitrogens with two attached hydrogens (primary N) is 2. The molecule has 1 atom stereocenters. The number of esters is 1. The fourth-order valence-electron chi connectivity index (χ4n) is 2.06. The standard InChI is InChI=1S/C11H23N3O3.C10H13NO2.C3H8.2C2H6/c1-8(2)17-7-10(15)14-9(11(13)16)5-3-4-6-12;1-8(2)10(12)13-7-9-3-5-11-6-4-9;1-3-2;2*1-2/h8-9H,3-7,12H2,1-2H3,(H2,13,16)(H,14,15);3-6,8H,7H2,1-2H3;3H2,1-2H3;2*1-2H3. The minimum absolute atomic E-state index is 0.0231. The lowest BCUT2D eigenvalue weighted by molar-refractivity contribution is -0.148. The zero-order chi connectivity index (χ0) is 29.6. The van der Waals surface area contributed by atoms with Crippen molar-refractivity contribution in [3.63, 3.8) is 0 Å². The van der Waals surface area contributed by atoms with E-state index in [0.717, 1.165) is 18.4 Å². The van der Waals surface area contributed by atoms with Crippen LogP contribution in [0.3, 0.4) is 0 Å². The van der Waals surface area contributed by atoms with Gasteiger partial charge in [-0.25, -0.2) is 0 Å². The van der Waals surface area contributed by atoms with Crippen LogP contribution in [-0.2, 0) is 30.5 Å². The van der Waals surface area contributed by atoms with Gasteiger partial charge in [0.15, 0.2) is 0 Å². The molecular formula is C28H56N4O5. The van der Waals surface area contributed by atoms with E-state index in [2.05, 4.69) is 24.1 Å². The monoisotopic (exact) mass is 528 g/mol. The third-order valence-corrected chi connectivity index (χ3v) is 3.78. The molecule has 2 amide bonds. The van der Waals surface area contributed by atoms with E-state index >= 15 is 0 Å². The van der Waals surface area contributed by atoms with Gasteiger partial charge in [0.1, 0.15) is 19.3 Å². The SMILES string of the molecule is CC.CC.CC(C)C(=O)OCc1ccncc1.CC(C)OCC(=O)NC(CCCCN)C(N)=O.CCC. The van der Waals surface area contributed by atoms with Crippen LogP contribution in [0.4, 0.5) is 0 Å². The molecule has 0 fully saturated rings. The van der Waals surface area contributed by atoms with Gasteiger partial charge in [-0.2, -0.15) is 0 Å². The Balaban J connectivity index is -0.000000241. The largest absolute Gasteiger partial charge is 0.461 e. The first kappa shape index (κ1) is 41.6. The maximum absolute atomic E-state index is 11.4. The summed E-state index contributed by atoms with van der Waals surface area (Å²) in [6, 6.07) is 3.02. The summed E-state index contributed by atoms with van der Waals surface area (Å²) < 4.78 is 10.1. The minimum Gasteiger partial charge on any atom is -0.461 e. The number of carbonyl (C=O) groups is 3. The maximum Gasteiger partial charge on any atom is 0.308 e. The molecule has 0 bridgehead atoms. The molecule has 0 saturated heterocycles. The fraction of sp³-hybridized carbons (Fsp3) is 0.714. The Bertz CT molecular complexity index is 641. The van der Waals surface area contributed by atoms with Crippen molar-refractivity contribution < 1.29 is 23.9 Å². The van der Waals surface area contributed by atoms with Crippen LogP contribution in [0, 0.1) is 5.92 Å². The molecule has 0 aliphatic rings. The predicted octanol–water partition coefficient (Wildman–Crippen LogP) is 4.76. The highest BCUT2D eigenvalue weighted by molar-refractivity contribution is 5.86. The fourth-order valence-corrected chi connectivity index (χ4v) is 2.06. The summed E-state index contributed by atoms with van der Waals surface area (Å²) in [6.07, 6.45) is 6.67. The number of carbonyl (C=O) groups excluding carboxylic acids is 3. The summed E-state index contributed by atoms with van der Waals surface area (Å²) in [7, 11) is 0. The van der Waals surface area contributed by atoms with Gasteiger partial charge < -0.3 is 26.3 Å². The lowest BCUT2D eigenvalue weighted by Gasteiger charge is -2.15. The van der Waals surface area contributed by atoms with E-state index < -0.39 is 11.9 Å². The highest BCUT2D eigenvalue weighted by Gasteiger charge is 2.17. The number of nitrogens with zero attached hydrogens (tertiary/aromatic N) is 1. The molecule has 218 valence electrons. The van der Waals surface area contributed by atoms with Gasteiger partial charge in [0, 0.05) is 12.4 Å². The molecule has 5 N–H and O–H groups in total. The molecule has 0 radical (unpaired) electrons. The van der Waals surface area contributed by atoms with Gasteiger partial charge in [0.05, 0.1) is 12.0 Å². The molecule has 0 spiro atoms. The molecular weight excluding hydrogens is 472 g/mol. The molecule has 0 saturated carbocycles. The first-order chi connectivity index (χ1) is 17.6. The molecule has 1 aromatic rings. The molecule has 0 aliphatic carbocycles. The lowest BCUT2D eigenvalue weighted by Crippen LogP contribution is -2.45. The Morgan fingerprint density at radius 1 is 0.973 bits per heavy atom. The van der Waals surface area contributed by atoms with Crippen LogP contribution in [0.1, 0.15) is 100 Å². The van der Waals surface area contributed by atoms with Crippen molar-refractivity contribution in [2.45, 2.75) is 114 Å². The number of hydrogen-bond donors (Lipinski definition) is 3. The number of unbranched alkanes of at least 4 members (excludes halogenated alkanes) is 1. The number of hydrogen-bond acceptors (Lipinski definition) is 7. The number of nitrogens with one attached hydrogen (secondary N) is 1. The number of aromatic nitrogens is 1. The van der Waals surface area contributed by atoms with Crippen molar-refractivity contribution in [3.8, 4) is 0 Å². The van der Waals surface area contributed by atoms with E-state index in [1.165, 1.54) is 6.42 Å². The second kappa shape index (κ2) is 31.5. The van der Waals surface area contributed by atoms with E-state index in [1.54, 1.807) is 12.4 Å². The summed E-state index contributed by atoms with van der Waals surface area (Å²) in [5.74, 6) is -1.09. The van der Waals surface area contributed by atoms with Gasteiger partial charge in [-0.05, 0) is 57.4 Å². The minimum atomic E-state index is -0.634. The van der Waals surface area contributed by atoms with Gasteiger partial charge in [0.25, 0.3) is 0 Å². The summed E-state index contributed by atoms with van der Waals surface area (Å²) in [6.45, 7) is 20.4. The van der Waals surface area contributed by atoms with Crippen molar-refractivity contribution in [2.24, 2.45) is 17.4 Å². The van der Waals surface area contributed by atoms with E-state index in [4.69, 9.17) is 20.9 Å². The van der Waals surface area contributed by atoms with Crippen LogP contribution in [0.5, 0.6) is 0 Å². The van der Waals surface area contributed by atoms with Gasteiger partial charge >= 0.3 is 5.97 Å². The summed E-state index contributed by atoms with van der Waals surface area (Å²) >= 11 is 0. The summed E-state index contributed by atoms with van der Waals surface area (Å²) in [4.78, 5) is 37.5. The summed E-state index contributed by atoms with van der Waals surface area (Å²) in [5.41, 5.74) is 11.5. The van der Waals surface area contributed by atoms with E-state index in [-0.39, 0.29) is 30.5 Å². The predicted molar refractivity (Wildman–Crippen MR) is 153 cm³/mol.